The minimum Gasteiger partial charge on any atom is -0.356 e. The van der Waals surface area contributed by atoms with Crippen LogP contribution in [0.3, 0.4) is 0 Å². The molecule has 0 N–H and O–H groups in total. The van der Waals surface area contributed by atoms with Crippen molar-refractivity contribution in [3.63, 3.8) is 0 Å². The molecule has 0 saturated carbocycles. The van der Waals surface area contributed by atoms with E-state index in [0.29, 0.717) is 0 Å². The van der Waals surface area contributed by atoms with Crippen LogP contribution in [0.5, 0.6) is 0 Å². The third kappa shape index (κ3) is 2.82. The molecule has 1 heteroatoms. The van der Waals surface area contributed by atoms with Crippen molar-refractivity contribution in [2.24, 2.45) is 0 Å². The summed E-state index contributed by atoms with van der Waals surface area (Å²) in [7, 11) is 0. The van der Waals surface area contributed by atoms with Crippen molar-refractivity contribution in [1.82, 2.24) is 0 Å². The Kier molecular flexibility index (Phi) is 3.99. The van der Waals surface area contributed by atoms with Crippen LogP contribution in [0.4, 0.5) is 5.69 Å². The molecule has 1 aliphatic rings. The van der Waals surface area contributed by atoms with Crippen LogP contribution in [0.1, 0.15) is 22.7 Å². The van der Waals surface area contributed by atoms with E-state index in [4.69, 9.17) is 0 Å². The van der Waals surface area contributed by atoms with Crippen molar-refractivity contribution >= 4 is 5.69 Å². The molecule has 0 amide bonds. The Balaban J connectivity index is 1.73. The molecular formula is C26H21N. The largest absolute Gasteiger partial charge is 0.356 e. The zero-order valence-electron chi connectivity index (χ0n) is 15.1. The lowest BCUT2D eigenvalue weighted by Crippen LogP contribution is -2.32. The number of hydrogen-bond acceptors (Lipinski definition) is 1. The molecule has 5 rings (SSSR count). The minimum atomic E-state index is 0.206. The van der Waals surface area contributed by atoms with Gasteiger partial charge in [0, 0.05) is 17.8 Å². The van der Waals surface area contributed by atoms with Crippen LogP contribution < -0.4 is 4.90 Å². The van der Waals surface area contributed by atoms with Gasteiger partial charge in [0.15, 0.2) is 0 Å². The molecule has 1 atom stereocenters. The number of para-hydroxylation sites is 1. The Morgan fingerprint density at radius 3 is 1.93 bits per heavy atom. The zero-order valence-corrected chi connectivity index (χ0v) is 15.1. The molecule has 130 valence electrons. The lowest BCUT2D eigenvalue weighted by Gasteiger charge is -2.40. The Morgan fingerprint density at radius 2 is 1.15 bits per heavy atom. The van der Waals surface area contributed by atoms with E-state index in [1.165, 1.54) is 33.5 Å². The van der Waals surface area contributed by atoms with E-state index < -0.39 is 0 Å². The summed E-state index contributed by atoms with van der Waals surface area (Å²) in [5.41, 5.74) is 7.98. The van der Waals surface area contributed by atoms with Crippen LogP contribution in [0, 0.1) is 0 Å². The predicted molar refractivity (Wildman–Crippen MR) is 113 cm³/mol. The van der Waals surface area contributed by atoms with Gasteiger partial charge in [-0.3, -0.25) is 0 Å². The van der Waals surface area contributed by atoms with Crippen molar-refractivity contribution in [2.45, 2.75) is 12.6 Å². The van der Waals surface area contributed by atoms with Gasteiger partial charge in [0.2, 0.25) is 0 Å². The fourth-order valence-corrected chi connectivity index (χ4v) is 4.19. The molecule has 4 aromatic carbocycles. The summed E-state index contributed by atoms with van der Waals surface area (Å²) >= 11 is 0. The standard InChI is InChI=1S/C26H21N/c1-3-11-20(12-4-1)19-27-25-18-10-9-16-23(25)22-15-7-8-17-24(22)26(27)21-13-5-2-6-14-21/h1-18,26H,19H2/t26-/m1/s1. The van der Waals surface area contributed by atoms with Crippen LogP contribution in [0.25, 0.3) is 11.1 Å². The van der Waals surface area contributed by atoms with Gasteiger partial charge in [-0.15, -0.1) is 0 Å². The minimum absolute atomic E-state index is 0.206. The topological polar surface area (TPSA) is 3.24 Å². The van der Waals surface area contributed by atoms with Crippen molar-refractivity contribution in [3.05, 3.63) is 126 Å². The van der Waals surface area contributed by atoms with E-state index in [9.17, 15) is 0 Å². The Hall–Kier alpha value is -3.32. The third-order valence-corrected chi connectivity index (χ3v) is 5.38. The van der Waals surface area contributed by atoms with Crippen molar-refractivity contribution in [1.29, 1.82) is 0 Å². The molecule has 27 heavy (non-hydrogen) atoms. The molecule has 0 aromatic heterocycles. The Bertz CT molecular complexity index is 1050. The fraction of sp³-hybridized carbons (Fsp3) is 0.0769. The second kappa shape index (κ2) is 6.77. The van der Waals surface area contributed by atoms with E-state index in [-0.39, 0.29) is 6.04 Å². The van der Waals surface area contributed by atoms with Gasteiger partial charge in [0.25, 0.3) is 0 Å². The van der Waals surface area contributed by atoms with Crippen LogP contribution in [-0.2, 0) is 6.54 Å². The van der Waals surface area contributed by atoms with E-state index in [0.717, 1.165) is 6.54 Å². The maximum Gasteiger partial charge on any atom is 0.0805 e. The van der Waals surface area contributed by atoms with Crippen LogP contribution in [-0.4, -0.2) is 0 Å². The second-order valence-electron chi connectivity index (χ2n) is 7.03. The van der Waals surface area contributed by atoms with E-state index >= 15 is 0 Å². The number of anilines is 1. The summed E-state index contributed by atoms with van der Waals surface area (Å²) in [5, 5.41) is 0. The summed E-state index contributed by atoms with van der Waals surface area (Å²) in [6, 6.07) is 39.4. The van der Waals surface area contributed by atoms with Crippen LogP contribution in [0.2, 0.25) is 0 Å². The number of rotatable bonds is 3. The Labute approximate surface area is 160 Å². The first kappa shape index (κ1) is 15.9. The molecule has 4 aromatic rings. The van der Waals surface area contributed by atoms with E-state index in [2.05, 4.69) is 114 Å². The van der Waals surface area contributed by atoms with Gasteiger partial charge in [-0.1, -0.05) is 103 Å². The predicted octanol–water partition coefficient (Wildman–Crippen LogP) is 6.46. The molecular weight excluding hydrogens is 326 g/mol. The van der Waals surface area contributed by atoms with Gasteiger partial charge in [-0.25, -0.2) is 0 Å². The average Bonchev–Trinajstić information content (AvgIpc) is 2.75. The zero-order chi connectivity index (χ0) is 18.1. The van der Waals surface area contributed by atoms with Crippen LogP contribution in [0.15, 0.2) is 109 Å². The summed E-state index contributed by atoms with van der Waals surface area (Å²) < 4.78 is 0. The highest BCUT2D eigenvalue weighted by atomic mass is 15.2. The molecule has 0 bridgehead atoms. The van der Waals surface area contributed by atoms with Gasteiger partial charge in [-0.2, -0.15) is 0 Å². The summed E-state index contributed by atoms with van der Waals surface area (Å²) in [5.74, 6) is 0. The fourth-order valence-electron chi connectivity index (χ4n) is 4.19. The SMILES string of the molecule is c1ccc(CN2c3ccccc3-c3ccccc3[C@H]2c2ccccc2)cc1. The van der Waals surface area contributed by atoms with E-state index in [1.54, 1.807) is 0 Å². The van der Waals surface area contributed by atoms with Gasteiger partial charge in [-0.05, 0) is 28.3 Å². The van der Waals surface area contributed by atoms with Crippen molar-refractivity contribution < 1.29 is 0 Å². The molecule has 0 unspecified atom stereocenters. The summed E-state index contributed by atoms with van der Waals surface area (Å²) in [6.45, 7) is 0.881. The summed E-state index contributed by atoms with van der Waals surface area (Å²) in [4.78, 5) is 2.54. The highest BCUT2D eigenvalue weighted by Gasteiger charge is 2.31. The number of benzene rings is 4. The van der Waals surface area contributed by atoms with Crippen molar-refractivity contribution in [2.75, 3.05) is 4.90 Å². The highest BCUT2D eigenvalue weighted by Crippen LogP contribution is 2.47. The number of hydrogen-bond donors (Lipinski definition) is 0. The van der Waals surface area contributed by atoms with Gasteiger partial charge in [0.1, 0.15) is 0 Å². The third-order valence-electron chi connectivity index (χ3n) is 5.38. The lowest BCUT2D eigenvalue weighted by molar-refractivity contribution is 0.696. The Morgan fingerprint density at radius 1 is 0.556 bits per heavy atom. The quantitative estimate of drug-likeness (QED) is 0.411. The molecule has 1 heterocycles. The highest BCUT2D eigenvalue weighted by molar-refractivity contribution is 5.85. The first-order chi connectivity index (χ1) is 13.4. The molecule has 0 saturated heterocycles. The average molecular weight is 347 g/mol. The monoisotopic (exact) mass is 347 g/mol. The smallest absolute Gasteiger partial charge is 0.0805 e. The van der Waals surface area contributed by atoms with Gasteiger partial charge >= 0.3 is 0 Å². The first-order valence-electron chi connectivity index (χ1n) is 9.46. The van der Waals surface area contributed by atoms with E-state index in [1.807, 2.05) is 0 Å². The number of nitrogens with zero attached hydrogens (tertiary/aromatic N) is 1. The maximum absolute atomic E-state index is 2.54. The molecule has 1 aliphatic heterocycles. The molecule has 1 nitrogen and oxygen atoms in total. The second-order valence-corrected chi connectivity index (χ2v) is 7.03. The lowest BCUT2D eigenvalue weighted by atomic mass is 9.84. The first-order valence-corrected chi connectivity index (χ1v) is 9.46. The van der Waals surface area contributed by atoms with Crippen molar-refractivity contribution in [3.8, 4) is 11.1 Å². The summed E-state index contributed by atoms with van der Waals surface area (Å²) in [6.07, 6.45) is 0. The van der Waals surface area contributed by atoms with Crippen LogP contribution >= 0.6 is 0 Å². The molecule has 0 aliphatic carbocycles. The molecule has 0 radical (unpaired) electrons. The normalized spacial score (nSPS) is 15.1. The molecule has 0 fully saturated rings. The maximum atomic E-state index is 2.54. The number of fused-ring (bicyclic) bond motifs is 3. The van der Waals surface area contributed by atoms with Gasteiger partial charge in [0.05, 0.1) is 6.04 Å². The van der Waals surface area contributed by atoms with Gasteiger partial charge < -0.3 is 4.90 Å². The molecule has 0 spiro atoms.